The third-order valence-corrected chi connectivity index (χ3v) is 0. The SMILES string of the molecule is ClC(Cl)Cl.O=S(=O)(O)O. The van der Waals surface area contributed by atoms with Crippen molar-refractivity contribution in [3.63, 3.8) is 0 Å². The van der Waals surface area contributed by atoms with Crippen molar-refractivity contribution < 1.29 is 17.5 Å². The molecule has 0 atom stereocenters. The fraction of sp³-hybridized carbons (Fsp3) is 1.00. The molecular formula is CH3Cl3O4S. The van der Waals surface area contributed by atoms with E-state index in [9.17, 15) is 0 Å². The van der Waals surface area contributed by atoms with Crippen LogP contribution in [0.3, 0.4) is 0 Å². The molecule has 0 aromatic rings. The van der Waals surface area contributed by atoms with Crippen LogP contribution < -0.4 is 0 Å². The summed E-state index contributed by atoms with van der Waals surface area (Å²) in [5.74, 6) is 0. The quantitative estimate of drug-likeness (QED) is 0.474. The number of rotatable bonds is 0. The fourth-order valence-electron chi connectivity index (χ4n) is 0. The van der Waals surface area contributed by atoms with E-state index in [0.717, 1.165) is 0 Å². The van der Waals surface area contributed by atoms with Gasteiger partial charge < -0.3 is 0 Å². The van der Waals surface area contributed by atoms with Gasteiger partial charge in [0.2, 0.25) is 0 Å². The summed E-state index contributed by atoms with van der Waals surface area (Å²) in [6, 6.07) is 0. The van der Waals surface area contributed by atoms with Crippen molar-refractivity contribution in [2.75, 3.05) is 0 Å². The third kappa shape index (κ3) is 725. The van der Waals surface area contributed by atoms with E-state index in [1.807, 2.05) is 0 Å². The van der Waals surface area contributed by atoms with Crippen LogP contribution in [0.15, 0.2) is 0 Å². The molecule has 0 aromatic carbocycles. The lowest BCUT2D eigenvalue weighted by Crippen LogP contribution is -1.89. The minimum absolute atomic E-state index is 0.750. The van der Waals surface area contributed by atoms with Gasteiger partial charge >= 0.3 is 10.4 Å². The van der Waals surface area contributed by atoms with Crippen LogP contribution in [0.25, 0.3) is 0 Å². The summed E-state index contributed by atoms with van der Waals surface area (Å²) in [6.45, 7) is 0. The summed E-state index contributed by atoms with van der Waals surface area (Å²) in [5, 5.41) is 0. The lowest BCUT2D eigenvalue weighted by Gasteiger charge is -1.69. The Morgan fingerprint density at radius 2 is 1.11 bits per heavy atom. The van der Waals surface area contributed by atoms with Crippen molar-refractivity contribution in [2.45, 2.75) is 4.30 Å². The molecule has 8 heteroatoms. The van der Waals surface area contributed by atoms with Gasteiger partial charge in [-0.05, 0) is 0 Å². The Morgan fingerprint density at radius 1 is 1.11 bits per heavy atom. The molecule has 0 aliphatic carbocycles. The summed E-state index contributed by atoms with van der Waals surface area (Å²) >= 11 is 14.4. The molecule has 0 saturated carbocycles. The van der Waals surface area contributed by atoms with Gasteiger partial charge in [-0.25, -0.2) is 0 Å². The Morgan fingerprint density at radius 3 is 1.11 bits per heavy atom. The normalized spacial score (nSPS) is 10.4. The van der Waals surface area contributed by atoms with Crippen LogP contribution in [-0.4, -0.2) is 21.8 Å². The van der Waals surface area contributed by atoms with Crippen molar-refractivity contribution in [2.24, 2.45) is 0 Å². The van der Waals surface area contributed by atoms with E-state index in [4.69, 9.17) is 52.3 Å². The van der Waals surface area contributed by atoms with Gasteiger partial charge in [0.15, 0.2) is 4.30 Å². The molecule has 0 rings (SSSR count). The molecule has 0 bridgehead atoms. The molecule has 0 aromatic heterocycles. The molecule has 58 valence electrons. The summed E-state index contributed by atoms with van der Waals surface area (Å²) in [6.07, 6.45) is 0. The smallest absolute Gasteiger partial charge is 0.264 e. The zero-order chi connectivity index (χ0) is 8.08. The van der Waals surface area contributed by atoms with Crippen molar-refractivity contribution in [1.29, 1.82) is 0 Å². The number of halogens is 3. The Labute approximate surface area is 67.3 Å². The summed E-state index contributed by atoms with van der Waals surface area (Å²) < 4.78 is 30.8. The lowest BCUT2D eigenvalue weighted by molar-refractivity contribution is 0.381. The molecule has 0 saturated heterocycles. The summed E-state index contributed by atoms with van der Waals surface area (Å²) in [7, 11) is -4.67. The van der Waals surface area contributed by atoms with Crippen LogP contribution >= 0.6 is 34.8 Å². The van der Waals surface area contributed by atoms with Gasteiger partial charge in [-0.2, -0.15) is 8.42 Å². The molecule has 0 aliphatic rings. The van der Waals surface area contributed by atoms with E-state index >= 15 is 0 Å². The third-order valence-electron chi connectivity index (χ3n) is 0. The maximum atomic E-state index is 8.74. The Hall–Kier alpha value is 0.740. The van der Waals surface area contributed by atoms with Crippen LogP contribution in [0.1, 0.15) is 0 Å². The highest BCUT2D eigenvalue weighted by Crippen LogP contribution is 2.03. The molecule has 2 N–H and O–H groups in total. The second kappa shape index (κ2) is 5.52. The maximum Gasteiger partial charge on any atom is 0.394 e. The van der Waals surface area contributed by atoms with Gasteiger partial charge in [0.1, 0.15) is 0 Å². The minimum Gasteiger partial charge on any atom is -0.264 e. The first kappa shape index (κ1) is 12.4. The van der Waals surface area contributed by atoms with Gasteiger partial charge in [-0.3, -0.25) is 9.11 Å². The molecule has 0 spiro atoms. The Balaban J connectivity index is 0. The Bertz CT molecular complexity index is 127. The monoisotopic (exact) mass is 216 g/mol. The summed E-state index contributed by atoms with van der Waals surface area (Å²) in [5.41, 5.74) is 0. The van der Waals surface area contributed by atoms with Crippen molar-refractivity contribution in [1.82, 2.24) is 0 Å². The van der Waals surface area contributed by atoms with E-state index in [0.29, 0.717) is 0 Å². The maximum absolute atomic E-state index is 8.74. The predicted octanol–water partition coefficient (Wildman–Crippen LogP) is 1.33. The second-order valence-corrected chi connectivity index (χ2v) is 3.57. The van der Waals surface area contributed by atoms with Crippen molar-refractivity contribution in [3.05, 3.63) is 0 Å². The van der Waals surface area contributed by atoms with Gasteiger partial charge in [0.05, 0.1) is 0 Å². The first-order valence-electron chi connectivity index (χ1n) is 1.35. The van der Waals surface area contributed by atoms with E-state index in [-0.39, 0.29) is 0 Å². The molecule has 4 nitrogen and oxygen atoms in total. The van der Waals surface area contributed by atoms with Crippen molar-refractivity contribution >= 4 is 45.2 Å². The Kier molecular flexibility index (Phi) is 7.62. The highest BCUT2D eigenvalue weighted by molar-refractivity contribution is 7.79. The van der Waals surface area contributed by atoms with Crippen LogP contribution in [-0.2, 0) is 10.4 Å². The number of hydrogen-bond acceptors (Lipinski definition) is 2. The van der Waals surface area contributed by atoms with Crippen LogP contribution in [0.4, 0.5) is 0 Å². The largest absolute Gasteiger partial charge is 0.394 e. The molecule has 0 radical (unpaired) electrons. The van der Waals surface area contributed by atoms with Crippen LogP contribution in [0.2, 0.25) is 0 Å². The second-order valence-electron chi connectivity index (χ2n) is 0.695. The van der Waals surface area contributed by atoms with E-state index in [1.165, 1.54) is 0 Å². The standard InChI is InChI=1S/CHCl3.H2O4S/c2-1(3)4;1-5(2,3)4/h1H;(H2,1,2,3,4). The average molecular weight is 217 g/mol. The highest BCUT2D eigenvalue weighted by Gasteiger charge is 1.84. The topological polar surface area (TPSA) is 74.6 Å². The number of hydrogen-bond donors (Lipinski definition) is 2. The van der Waals surface area contributed by atoms with Gasteiger partial charge in [0, 0.05) is 0 Å². The average Bonchev–Trinajstić information content (AvgIpc) is 1.19. The van der Waals surface area contributed by atoms with E-state index in [2.05, 4.69) is 0 Å². The fourth-order valence-corrected chi connectivity index (χ4v) is 0. The summed E-state index contributed by atoms with van der Waals surface area (Å²) in [4.78, 5) is 0. The van der Waals surface area contributed by atoms with Crippen molar-refractivity contribution in [3.8, 4) is 0 Å². The van der Waals surface area contributed by atoms with E-state index in [1.54, 1.807) is 0 Å². The van der Waals surface area contributed by atoms with Crippen LogP contribution in [0, 0.1) is 0 Å². The first-order valence-corrected chi connectivity index (χ1v) is 4.06. The highest BCUT2D eigenvalue weighted by atomic mass is 35.6. The predicted molar refractivity (Wildman–Crippen MR) is 35.5 cm³/mol. The molecule has 0 unspecified atom stereocenters. The first-order chi connectivity index (χ1) is 3.73. The lowest BCUT2D eigenvalue weighted by atomic mass is 11.9. The zero-order valence-corrected chi connectivity index (χ0v) is 6.91. The molecule has 0 heterocycles. The molecule has 0 fully saturated rings. The zero-order valence-electron chi connectivity index (χ0n) is 3.83. The van der Waals surface area contributed by atoms with E-state index < -0.39 is 14.7 Å². The van der Waals surface area contributed by atoms with Gasteiger partial charge in [-0.15, -0.1) is 0 Å². The molecular weight excluding hydrogens is 214 g/mol. The van der Waals surface area contributed by atoms with Gasteiger partial charge in [-0.1, -0.05) is 34.8 Å². The number of alkyl halides is 3. The van der Waals surface area contributed by atoms with Crippen LogP contribution in [0.5, 0.6) is 0 Å². The molecule has 0 aliphatic heterocycles. The van der Waals surface area contributed by atoms with Gasteiger partial charge in [0.25, 0.3) is 0 Å². The minimum atomic E-state index is -4.67. The molecule has 0 amide bonds. The molecule has 9 heavy (non-hydrogen) atoms.